The van der Waals surface area contributed by atoms with Crippen LogP contribution >= 0.6 is 11.3 Å². The summed E-state index contributed by atoms with van der Waals surface area (Å²) in [6, 6.07) is 9.43. The van der Waals surface area contributed by atoms with Gasteiger partial charge in [0.25, 0.3) is 0 Å². The van der Waals surface area contributed by atoms with Crippen molar-refractivity contribution < 1.29 is 17.9 Å². The van der Waals surface area contributed by atoms with Crippen LogP contribution in [-0.2, 0) is 27.7 Å². The molecular formula is C17H16N2O4S2. The number of methoxy groups -OCH3 is 1. The molecule has 0 atom stereocenters. The van der Waals surface area contributed by atoms with Crippen molar-refractivity contribution in [2.45, 2.75) is 17.9 Å². The van der Waals surface area contributed by atoms with Gasteiger partial charge in [-0.1, -0.05) is 18.2 Å². The van der Waals surface area contributed by atoms with Gasteiger partial charge in [-0.3, -0.25) is 0 Å². The maximum absolute atomic E-state index is 13.0. The molecule has 2 aromatic heterocycles. The summed E-state index contributed by atoms with van der Waals surface area (Å²) in [5.41, 5.74) is 3.09. The second-order valence-corrected chi connectivity index (χ2v) is 8.64. The van der Waals surface area contributed by atoms with Crippen molar-refractivity contribution in [1.82, 2.24) is 9.29 Å². The Kier molecular flexibility index (Phi) is 3.90. The lowest BCUT2D eigenvalue weighted by Crippen LogP contribution is -2.36. The smallest absolute Gasteiger partial charge is 0.349 e. The predicted octanol–water partition coefficient (Wildman–Crippen LogP) is 2.76. The quantitative estimate of drug-likeness (QED) is 0.713. The summed E-state index contributed by atoms with van der Waals surface area (Å²) in [6.45, 7) is 0.649. The van der Waals surface area contributed by atoms with E-state index in [9.17, 15) is 13.2 Å². The molecule has 1 aliphatic heterocycles. The number of esters is 1. The van der Waals surface area contributed by atoms with E-state index in [1.165, 1.54) is 23.0 Å². The maximum Gasteiger partial charge on any atom is 0.349 e. The fraction of sp³-hybridized carbons (Fsp3) is 0.235. The van der Waals surface area contributed by atoms with Gasteiger partial charge in [0, 0.05) is 23.1 Å². The van der Waals surface area contributed by atoms with Crippen molar-refractivity contribution in [3.8, 4) is 0 Å². The van der Waals surface area contributed by atoms with Crippen LogP contribution in [0.3, 0.4) is 0 Å². The fourth-order valence-electron chi connectivity index (χ4n) is 3.25. The number of benzene rings is 1. The zero-order valence-corrected chi connectivity index (χ0v) is 15.1. The molecule has 130 valence electrons. The first kappa shape index (κ1) is 16.3. The standard InChI is InChI=1S/C17H16N2O4S2/c1-23-17(20)16-15(7-9-24-16)25(21,22)19-8-6-12-11-4-2-3-5-13(11)18-14(12)10-19/h2-5,7,9,18H,6,8,10H2,1H3. The second-order valence-electron chi connectivity index (χ2n) is 5.82. The minimum Gasteiger partial charge on any atom is -0.465 e. The Balaban J connectivity index is 1.71. The highest BCUT2D eigenvalue weighted by Crippen LogP contribution is 2.32. The van der Waals surface area contributed by atoms with Crippen molar-refractivity contribution in [2.24, 2.45) is 0 Å². The van der Waals surface area contributed by atoms with Gasteiger partial charge >= 0.3 is 5.97 Å². The highest BCUT2D eigenvalue weighted by Gasteiger charge is 2.33. The average molecular weight is 376 g/mol. The maximum atomic E-state index is 13.0. The Labute approximate surface area is 149 Å². The lowest BCUT2D eigenvalue weighted by atomic mass is 10.1. The van der Waals surface area contributed by atoms with Crippen LogP contribution in [-0.4, -0.2) is 37.3 Å². The number of sulfonamides is 1. The number of carbonyl (C=O) groups is 1. The number of hydrogen-bond acceptors (Lipinski definition) is 5. The van der Waals surface area contributed by atoms with E-state index in [1.807, 2.05) is 24.3 Å². The summed E-state index contributed by atoms with van der Waals surface area (Å²) < 4.78 is 32.2. The van der Waals surface area contributed by atoms with Crippen molar-refractivity contribution in [2.75, 3.05) is 13.7 Å². The SMILES string of the molecule is COC(=O)c1sccc1S(=O)(=O)N1CCc2c([nH]c3ccccc23)C1. The normalized spacial score (nSPS) is 15.2. The number of ether oxygens (including phenoxy) is 1. The van der Waals surface area contributed by atoms with Gasteiger partial charge in [-0.15, -0.1) is 11.3 Å². The molecule has 1 N–H and O–H groups in total. The number of rotatable bonds is 3. The number of para-hydroxylation sites is 1. The molecule has 0 radical (unpaired) electrons. The van der Waals surface area contributed by atoms with Crippen molar-refractivity contribution in [3.05, 3.63) is 51.8 Å². The first-order valence-corrected chi connectivity index (χ1v) is 10.1. The van der Waals surface area contributed by atoms with Crippen LogP contribution in [0.1, 0.15) is 20.9 Å². The number of thiophene rings is 1. The van der Waals surface area contributed by atoms with Gasteiger partial charge in [-0.2, -0.15) is 4.31 Å². The molecule has 3 heterocycles. The summed E-state index contributed by atoms with van der Waals surface area (Å²) in [4.78, 5) is 15.3. The van der Waals surface area contributed by atoms with Gasteiger partial charge in [0.05, 0.1) is 13.7 Å². The molecule has 0 spiro atoms. The van der Waals surface area contributed by atoms with E-state index < -0.39 is 16.0 Å². The van der Waals surface area contributed by atoms with Gasteiger partial charge in [-0.25, -0.2) is 13.2 Å². The molecule has 3 aromatic rings. The molecule has 8 heteroatoms. The molecule has 0 aliphatic carbocycles. The molecule has 0 bridgehead atoms. The molecule has 1 aliphatic rings. The Morgan fingerprint density at radius 2 is 2.08 bits per heavy atom. The first-order chi connectivity index (χ1) is 12.0. The number of aromatic amines is 1. The van der Waals surface area contributed by atoms with Crippen LogP contribution in [0.4, 0.5) is 0 Å². The van der Waals surface area contributed by atoms with Crippen LogP contribution in [0, 0.1) is 0 Å². The zero-order valence-electron chi connectivity index (χ0n) is 13.5. The molecule has 0 amide bonds. The van der Waals surface area contributed by atoms with E-state index in [1.54, 1.807) is 5.38 Å². The third-order valence-electron chi connectivity index (χ3n) is 4.47. The molecule has 0 saturated carbocycles. The Morgan fingerprint density at radius 1 is 1.28 bits per heavy atom. The molecule has 4 rings (SSSR count). The van der Waals surface area contributed by atoms with Gasteiger partial charge < -0.3 is 9.72 Å². The van der Waals surface area contributed by atoms with Gasteiger partial charge in [0.15, 0.2) is 0 Å². The van der Waals surface area contributed by atoms with E-state index in [-0.39, 0.29) is 16.3 Å². The lowest BCUT2D eigenvalue weighted by molar-refractivity contribution is 0.0602. The summed E-state index contributed by atoms with van der Waals surface area (Å²) in [5.74, 6) is -0.628. The summed E-state index contributed by atoms with van der Waals surface area (Å²) in [7, 11) is -2.52. The number of H-pyrrole nitrogens is 1. The minimum absolute atomic E-state index is 0.0175. The Morgan fingerprint density at radius 3 is 2.88 bits per heavy atom. The molecular weight excluding hydrogens is 360 g/mol. The molecule has 0 unspecified atom stereocenters. The third-order valence-corrected chi connectivity index (χ3v) is 7.38. The van der Waals surface area contributed by atoms with Crippen LogP contribution in [0.5, 0.6) is 0 Å². The van der Waals surface area contributed by atoms with E-state index in [4.69, 9.17) is 4.74 Å². The van der Waals surface area contributed by atoms with E-state index in [2.05, 4.69) is 4.98 Å². The molecule has 6 nitrogen and oxygen atoms in total. The van der Waals surface area contributed by atoms with E-state index in [0.29, 0.717) is 13.0 Å². The monoisotopic (exact) mass is 376 g/mol. The predicted molar refractivity (Wildman–Crippen MR) is 95.3 cm³/mol. The van der Waals surface area contributed by atoms with E-state index >= 15 is 0 Å². The van der Waals surface area contributed by atoms with Crippen LogP contribution in [0.25, 0.3) is 10.9 Å². The van der Waals surface area contributed by atoms with Gasteiger partial charge in [0.2, 0.25) is 10.0 Å². The Hall–Kier alpha value is -2.16. The summed E-state index contributed by atoms with van der Waals surface area (Å²) in [5, 5.41) is 2.73. The first-order valence-electron chi connectivity index (χ1n) is 7.77. The summed E-state index contributed by atoms with van der Waals surface area (Å²) >= 11 is 1.07. The molecule has 0 saturated heterocycles. The highest BCUT2D eigenvalue weighted by molar-refractivity contribution is 7.89. The van der Waals surface area contributed by atoms with Crippen LogP contribution < -0.4 is 0 Å². The highest BCUT2D eigenvalue weighted by atomic mass is 32.2. The van der Waals surface area contributed by atoms with Gasteiger partial charge in [0.1, 0.15) is 9.77 Å². The minimum atomic E-state index is -3.76. The zero-order chi connectivity index (χ0) is 17.6. The molecule has 0 fully saturated rings. The largest absolute Gasteiger partial charge is 0.465 e. The molecule has 25 heavy (non-hydrogen) atoms. The van der Waals surface area contributed by atoms with Crippen molar-refractivity contribution in [1.29, 1.82) is 0 Å². The van der Waals surface area contributed by atoms with Crippen LogP contribution in [0.15, 0.2) is 40.6 Å². The third kappa shape index (κ3) is 2.57. The number of carbonyl (C=O) groups excluding carboxylic acids is 1. The average Bonchev–Trinajstić information content (AvgIpc) is 3.25. The van der Waals surface area contributed by atoms with E-state index in [0.717, 1.165) is 27.9 Å². The molecule has 1 aromatic carbocycles. The summed E-state index contributed by atoms with van der Waals surface area (Å²) in [6.07, 6.45) is 0.635. The number of aromatic nitrogens is 1. The van der Waals surface area contributed by atoms with Crippen molar-refractivity contribution >= 4 is 38.2 Å². The topological polar surface area (TPSA) is 79.5 Å². The Bertz CT molecular complexity index is 1070. The number of hydrogen-bond donors (Lipinski definition) is 1. The number of nitrogens with one attached hydrogen (secondary N) is 1. The number of nitrogens with zero attached hydrogens (tertiary/aromatic N) is 1. The van der Waals surface area contributed by atoms with Gasteiger partial charge in [-0.05, 0) is 29.5 Å². The fourth-order valence-corrected chi connectivity index (χ4v) is 5.97. The van der Waals surface area contributed by atoms with Crippen molar-refractivity contribution in [3.63, 3.8) is 0 Å². The number of fused-ring (bicyclic) bond motifs is 3. The second kappa shape index (κ2) is 5.98. The van der Waals surface area contributed by atoms with Crippen LogP contribution in [0.2, 0.25) is 0 Å². The lowest BCUT2D eigenvalue weighted by Gasteiger charge is -2.26.